The van der Waals surface area contributed by atoms with Gasteiger partial charge >= 0.3 is 0 Å². The molecule has 0 amide bonds. The number of para-hydroxylation sites is 3. The average Bonchev–Trinajstić information content (AvgIpc) is 2.86. The Morgan fingerprint density at radius 3 is 2.52 bits per heavy atom. The number of benzene rings is 2. The molecule has 0 radical (unpaired) electrons. The molecule has 0 fully saturated rings. The minimum Gasteiger partial charge on any atom is -0.506 e. The summed E-state index contributed by atoms with van der Waals surface area (Å²) in [6, 6.07) is 12.4. The molecule has 3 rings (SSSR count). The smallest absolute Gasteiger partial charge is 0.161 e. The van der Waals surface area contributed by atoms with Gasteiger partial charge in [0.15, 0.2) is 11.5 Å². The maximum absolute atomic E-state index is 10.0. The highest BCUT2D eigenvalue weighted by Crippen LogP contribution is 2.31. The van der Waals surface area contributed by atoms with Crippen molar-refractivity contribution >= 4 is 10.9 Å². The number of aryl methyl sites for hydroxylation is 1. The Balaban J connectivity index is 1.95. The van der Waals surface area contributed by atoms with Gasteiger partial charge in [-0.15, -0.1) is 0 Å². The van der Waals surface area contributed by atoms with Gasteiger partial charge in [0.05, 0.1) is 5.52 Å². The fourth-order valence-corrected chi connectivity index (χ4v) is 2.51. The summed E-state index contributed by atoms with van der Waals surface area (Å²) in [6.45, 7) is 3.13. The predicted octanol–water partition coefficient (Wildman–Crippen LogP) is 3.65. The second kappa shape index (κ2) is 5.40. The van der Waals surface area contributed by atoms with E-state index in [1.165, 1.54) is 0 Å². The quantitative estimate of drug-likeness (QED) is 0.768. The molecule has 0 saturated carbocycles. The molecule has 3 aromatic rings. The summed E-state index contributed by atoms with van der Waals surface area (Å²) in [4.78, 5) is 0. The molecule has 0 aliphatic carbocycles. The molecule has 21 heavy (non-hydrogen) atoms. The van der Waals surface area contributed by atoms with Crippen LogP contribution in [0.25, 0.3) is 10.9 Å². The summed E-state index contributed by atoms with van der Waals surface area (Å²) >= 11 is 0. The first-order valence-corrected chi connectivity index (χ1v) is 6.91. The summed E-state index contributed by atoms with van der Waals surface area (Å²) in [6.07, 6.45) is 1.98. The molecule has 0 aliphatic rings. The van der Waals surface area contributed by atoms with Crippen molar-refractivity contribution in [3.63, 3.8) is 0 Å². The van der Waals surface area contributed by atoms with Crippen LogP contribution in [0.15, 0.2) is 48.7 Å². The molecule has 4 heteroatoms. The van der Waals surface area contributed by atoms with E-state index >= 15 is 0 Å². The van der Waals surface area contributed by atoms with E-state index < -0.39 is 0 Å². The van der Waals surface area contributed by atoms with Gasteiger partial charge in [-0.25, -0.2) is 0 Å². The number of phenols is 2. The Morgan fingerprint density at radius 2 is 1.76 bits per heavy atom. The average molecular weight is 283 g/mol. The lowest BCUT2D eigenvalue weighted by molar-refractivity contribution is 0.290. The Labute approximate surface area is 122 Å². The number of fused-ring (bicyclic) bond motifs is 1. The molecule has 4 nitrogen and oxygen atoms in total. The van der Waals surface area contributed by atoms with E-state index in [0.717, 1.165) is 23.0 Å². The van der Waals surface area contributed by atoms with Gasteiger partial charge in [0.1, 0.15) is 12.4 Å². The molecule has 1 aromatic heterocycles. The zero-order chi connectivity index (χ0) is 14.8. The van der Waals surface area contributed by atoms with E-state index in [1.807, 2.05) is 35.9 Å². The molecule has 108 valence electrons. The molecule has 1 heterocycles. The largest absolute Gasteiger partial charge is 0.506 e. The lowest BCUT2D eigenvalue weighted by Crippen LogP contribution is -1.95. The highest BCUT2D eigenvalue weighted by atomic mass is 16.5. The van der Waals surface area contributed by atoms with Gasteiger partial charge in [0.2, 0.25) is 0 Å². The third kappa shape index (κ3) is 2.40. The van der Waals surface area contributed by atoms with Crippen molar-refractivity contribution in [1.82, 2.24) is 4.57 Å². The fourth-order valence-electron chi connectivity index (χ4n) is 2.51. The molecule has 0 unspecified atom stereocenters. The molecule has 0 atom stereocenters. The maximum atomic E-state index is 10.0. The fraction of sp³-hybridized carbons (Fsp3) is 0.176. The SMILES string of the molecule is CCn1cc(COc2ccccc2O)c2cccc(O)c21. The maximum Gasteiger partial charge on any atom is 0.161 e. The summed E-state index contributed by atoms with van der Waals surface area (Å²) < 4.78 is 7.68. The van der Waals surface area contributed by atoms with Crippen LogP contribution in [0.1, 0.15) is 12.5 Å². The Hall–Kier alpha value is -2.62. The van der Waals surface area contributed by atoms with Gasteiger partial charge < -0.3 is 19.5 Å². The van der Waals surface area contributed by atoms with E-state index in [0.29, 0.717) is 12.4 Å². The summed E-state index contributed by atoms with van der Waals surface area (Å²) in [5.41, 5.74) is 1.79. The van der Waals surface area contributed by atoms with Crippen LogP contribution < -0.4 is 4.74 Å². The number of rotatable bonds is 4. The molecule has 2 aromatic carbocycles. The number of nitrogens with zero attached hydrogens (tertiary/aromatic N) is 1. The number of aromatic hydroxyl groups is 2. The first kappa shape index (κ1) is 13.4. The van der Waals surface area contributed by atoms with Crippen molar-refractivity contribution in [1.29, 1.82) is 0 Å². The molecule has 0 aliphatic heterocycles. The van der Waals surface area contributed by atoms with Crippen LogP contribution in [0.2, 0.25) is 0 Å². The molecular weight excluding hydrogens is 266 g/mol. The molecule has 0 spiro atoms. The van der Waals surface area contributed by atoms with Crippen molar-refractivity contribution in [2.24, 2.45) is 0 Å². The van der Waals surface area contributed by atoms with Gasteiger partial charge in [-0.3, -0.25) is 0 Å². The normalized spacial score (nSPS) is 10.9. The molecule has 0 saturated heterocycles. The number of phenolic OH excluding ortho intramolecular Hbond substituents is 2. The predicted molar refractivity (Wildman–Crippen MR) is 81.7 cm³/mol. The van der Waals surface area contributed by atoms with Crippen LogP contribution in [-0.2, 0) is 13.2 Å². The van der Waals surface area contributed by atoms with Crippen LogP contribution in [0.5, 0.6) is 17.2 Å². The van der Waals surface area contributed by atoms with Gasteiger partial charge in [0, 0.05) is 23.7 Å². The van der Waals surface area contributed by atoms with Crippen molar-refractivity contribution in [3.8, 4) is 17.2 Å². The van der Waals surface area contributed by atoms with Crippen LogP contribution >= 0.6 is 0 Å². The van der Waals surface area contributed by atoms with Crippen molar-refractivity contribution in [2.75, 3.05) is 0 Å². The molecular formula is C17H17NO3. The topological polar surface area (TPSA) is 54.6 Å². The van der Waals surface area contributed by atoms with E-state index in [4.69, 9.17) is 4.74 Å². The summed E-state index contributed by atoms with van der Waals surface area (Å²) in [5.74, 6) is 0.845. The van der Waals surface area contributed by atoms with Crippen molar-refractivity contribution in [3.05, 3.63) is 54.2 Å². The Kier molecular flexibility index (Phi) is 3.44. The minimum absolute atomic E-state index is 0.125. The third-order valence-electron chi connectivity index (χ3n) is 3.55. The van der Waals surface area contributed by atoms with Crippen LogP contribution in [-0.4, -0.2) is 14.8 Å². The Bertz CT molecular complexity index is 777. The zero-order valence-electron chi connectivity index (χ0n) is 11.8. The first-order valence-electron chi connectivity index (χ1n) is 6.91. The van der Waals surface area contributed by atoms with E-state index in [9.17, 15) is 10.2 Å². The highest BCUT2D eigenvalue weighted by Gasteiger charge is 2.12. The lowest BCUT2D eigenvalue weighted by atomic mass is 10.2. The second-order valence-corrected chi connectivity index (χ2v) is 4.87. The van der Waals surface area contributed by atoms with Gasteiger partial charge in [0.25, 0.3) is 0 Å². The van der Waals surface area contributed by atoms with Crippen LogP contribution in [0, 0.1) is 0 Å². The number of hydrogen-bond acceptors (Lipinski definition) is 3. The van der Waals surface area contributed by atoms with E-state index in [2.05, 4.69) is 0 Å². The second-order valence-electron chi connectivity index (χ2n) is 4.87. The molecule has 0 bridgehead atoms. The lowest BCUT2D eigenvalue weighted by Gasteiger charge is -2.06. The monoisotopic (exact) mass is 283 g/mol. The summed E-state index contributed by atoms with van der Waals surface area (Å²) in [5, 5.41) is 20.7. The van der Waals surface area contributed by atoms with Crippen LogP contribution in [0.4, 0.5) is 0 Å². The van der Waals surface area contributed by atoms with Gasteiger partial charge in [-0.1, -0.05) is 24.3 Å². The minimum atomic E-state index is 0.125. The van der Waals surface area contributed by atoms with Crippen LogP contribution in [0.3, 0.4) is 0 Å². The van der Waals surface area contributed by atoms with Crippen molar-refractivity contribution < 1.29 is 14.9 Å². The number of aromatic nitrogens is 1. The standard InChI is InChI=1S/C17H17NO3/c1-2-18-10-12(13-6-5-8-15(20)17(13)18)11-21-16-9-4-3-7-14(16)19/h3-10,19-20H,2,11H2,1H3. The molecule has 2 N–H and O–H groups in total. The van der Waals surface area contributed by atoms with Gasteiger partial charge in [-0.2, -0.15) is 0 Å². The zero-order valence-corrected chi connectivity index (χ0v) is 11.8. The van der Waals surface area contributed by atoms with E-state index in [1.54, 1.807) is 24.3 Å². The first-order chi connectivity index (χ1) is 10.2. The Morgan fingerprint density at radius 1 is 1.00 bits per heavy atom. The van der Waals surface area contributed by atoms with Crippen molar-refractivity contribution in [2.45, 2.75) is 20.1 Å². The summed E-state index contributed by atoms with van der Waals surface area (Å²) in [7, 11) is 0. The number of hydrogen-bond donors (Lipinski definition) is 2. The third-order valence-corrected chi connectivity index (χ3v) is 3.55. The van der Waals surface area contributed by atoms with E-state index in [-0.39, 0.29) is 11.5 Å². The van der Waals surface area contributed by atoms with Gasteiger partial charge in [-0.05, 0) is 25.1 Å². The highest BCUT2D eigenvalue weighted by molar-refractivity contribution is 5.88. The number of ether oxygens (including phenoxy) is 1.